The summed E-state index contributed by atoms with van der Waals surface area (Å²) in [6.07, 6.45) is 0. The van der Waals surface area contributed by atoms with Crippen molar-refractivity contribution in [1.29, 1.82) is 5.26 Å². The fourth-order valence-corrected chi connectivity index (χ4v) is 1.18. The number of benzene rings is 1. The van der Waals surface area contributed by atoms with E-state index in [1.807, 2.05) is 45.0 Å². The molecule has 0 saturated heterocycles. The average Bonchev–Trinajstić information content (AvgIpc) is 2.16. The molecule has 2 nitrogen and oxygen atoms in total. The van der Waals surface area contributed by atoms with Crippen molar-refractivity contribution in [2.45, 2.75) is 26.8 Å². The number of aryl methyl sites for hydroxylation is 1. The first-order chi connectivity index (χ1) is 6.63. The minimum absolute atomic E-state index is 0.113. The van der Waals surface area contributed by atoms with Gasteiger partial charge in [0.05, 0.1) is 6.07 Å². The van der Waals surface area contributed by atoms with Crippen LogP contribution >= 0.6 is 0 Å². The van der Waals surface area contributed by atoms with Crippen LogP contribution in [0.3, 0.4) is 0 Å². The Morgan fingerprint density at radius 3 is 2.21 bits per heavy atom. The molecule has 74 valence electrons. The van der Waals surface area contributed by atoms with Crippen LogP contribution in [0, 0.1) is 24.2 Å². The Morgan fingerprint density at radius 2 is 1.79 bits per heavy atom. The molecule has 0 aliphatic heterocycles. The van der Waals surface area contributed by atoms with Crippen LogP contribution in [-0.4, -0.2) is 6.04 Å². The zero-order valence-corrected chi connectivity index (χ0v) is 8.91. The SMILES string of the molecule is Cc1ccc(NC(C#N)C(C)C)cc1. The van der Waals surface area contributed by atoms with Crippen LogP contribution in [-0.2, 0) is 0 Å². The van der Waals surface area contributed by atoms with Crippen LogP contribution < -0.4 is 5.32 Å². The van der Waals surface area contributed by atoms with E-state index < -0.39 is 0 Å². The molecule has 0 heterocycles. The molecule has 1 rings (SSSR count). The Hall–Kier alpha value is -1.49. The second-order valence-electron chi connectivity index (χ2n) is 3.86. The van der Waals surface area contributed by atoms with Gasteiger partial charge < -0.3 is 5.32 Å². The quantitative estimate of drug-likeness (QED) is 0.791. The fraction of sp³-hybridized carbons (Fsp3) is 0.417. The predicted molar refractivity (Wildman–Crippen MR) is 59.0 cm³/mol. The highest BCUT2D eigenvalue weighted by Crippen LogP contribution is 2.13. The molecule has 1 unspecified atom stereocenters. The van der Waals surface area contributed by atoms with Gasteiger partial charge in [0.1, 0.15) is 6.04 Å². The maximum absolute atomic E-state index is 8.90. The molecule has 0 saturated carbocycles. The highest BCUT2D eigenvalue weighted by Gasteiger charge is 2.10. The predicted octanol–water partition coefficient (Wildman–Crippen LogP) is 2.96. The standard InChI is InChI=1S/C12H16N2/c1-9(2)12(8-13)14-11-6-4-10(3)5-7-11/h4-7,9,12,14H,1-3H3. The molecule has 0 amide bonds. The van der Waals surface area contributed by atoms with Crippen LogP contribution in [0.4, 0.5) is 5.69 Å². The molecule has 0 radical (unpaired) electrons. The van der Waals surface area contributed by atoms with Crippen molar-refractivity contribution in [3.8, 4) is 6.07 Å². The summed E-state index contributed by atoms with van der Waals surface area (Å²) in [6.45, 7) is 6.12. The largest absolute Gasteiger partial charge is 0.370 e. The van der Waals surface area contributed by atoms with Gasteiger partial charge in [0.25, 0.3) is 0 Å². The molecule has 0 aromatic heterocycles. The van der Waals surface area contributed by atoms with E-state index in [2.05, 4.69) is 11.4 Å². The van der Waals surface area contributed by atoms with E-state index >= 15 is 0 Å². The molecular formula is C12H16N2. The molecule has 1 N–H and O–H groups in total. The van der Waals surface area contributed by atoms with Crippen LogP contribution in [0.5, 0.6) is 0 Å². The lowest BCUT2D eigenvalue weighted by atomic mass is 10.1. The van der Waals surface area contributed by atoms with Gasteiger partial charge in [0.2, 0.25) is 0 Å². The lowest BCUT2D eigenvalue weighted by Gasteiger charge is -2.16. The molecular weight excluding hydrogens is 172 g/mol. The molecule has 0 aliphatic carbocycles. The summed E-state index contributed by atoms with van der Waals surface area (Å²) in [6, 6.07) is 10.2. The third kappa shape index (κ3) is 2.77. The van der Waals surface area contributed by atoms with E-state index in [1.165, 1.54) is 5.56 Å². The summed E-state index contributed by atoms with van der Waals surface area (Å²) in [5.41, 5.74) is 2.24. The van der Waals surface area contributed by atoms with E-state index in [1.54, 1.807) is 0 Å². The number of hydrogen-bond acceptors (Lipinski definition) is 2. The Labute approximate surface area is 85.6 Å². The van der Waals surface area contributed by atoms with Crippen molar-refractivity contribution in [2.24, 2.45) is 5.92 Å². The van der Waals surface area contributed by atoms with E-state index in [4.69, 9.17) is 5.26 Å². The third-order valence-corrected chi connectivity index (χ3v) is 2.18. The Morgan fingerprint density at radius 1 is 1.21 bits per heavy atom. The normalized spacial score (nSPS) is 12.2. The smallest absolute Gasteiger partial charge is 0.116 e. The second-order valence-corrected chi connectivity index (χ2v) is 3.86. The molecule has 0 spiro atoms. The van der Waals surface area contributed by atoms with Crippen molar-refractivity contribution in [2.75, 3.05) is 5.32 Å². The van der Waals surface area contributed by atoms with Gasteiger partial charge in [0, 0.05) is 5.69 Å². The maximum Gasteiger partial charge on any atom is 0.116 e. The van der Waals surface area contributed by atoms with Crippen molar-refractivity contribution in [3.05, 3.63) is 29.8 Å². The first-order valence-corrected chi connectivity index (χ1v) is 4.86. The highest BCUT2D eigenvalue weighted by molar-refractivity contribution is 5.46. The molecule has 1 aromatic carbocycles. The Balaban J connectivity index is 2.69. The van der Waals surface area contributed by atoms with Gasteiger partial charge in [-0.2, -0.15) is 5.26 Å². The third-order valence-electron chi connectivity index (χ3n) is 2.18. The zero-order chi connectivity index (χ0) is 10.6. The van der Waals surface area contributed by atoms with Gasteiger partial charge in [-0.1, -0.05) is 31.5 Å². The molecule has 0 aliphatic rings. The summed E-state index contributed by atoms with van der Waals surface area (Å²) in [5.74, 6) is 0.321. The van der Waals surface area contributed by atoms with Gasteiger partial charge in [-0.3, -0.25) is 0 Å². The second kappa shape index (κ2) is 4.66. The Bertz CT molecular complexity index is 319. The zero-order valence-electron chi connectivity index (χ0n) is 8.91. The number of rotatable bonds is 3. The molecule has 0 fully saturated rings. The molecule has 14 heavy (non-hydrogen) atoms. The number of nitriles is 1. The van der Waals surface area contributed by atoms with Gasteiger partial charge in [-0.15, -0.1) is 0 Å². The van der Waals surface area contributed by atoms with E-state index in [-0.39, 0.29) is 6.04 Å². The van der Waals surface area contributed by atoms with Gasteiger partial charge >= 0.3 is 0 Å². The lowest BCUT2D eigenvalue weighted by molar-refractivity contribution is 0.609. The van der Waals surface area contributed by atoms with Crippen molar-refractivity contribution in [1.82, 2.24) is 0 Å². The molecule has 0 bridgehead atoms. The van der Waals surface area contributed by atoms with E-state index in [9.17, 15) is 0 Å². The monoisotopic (exact) mass is 188 g/mol. The topological polar surface area (TPSA) is 35.8 Å². The van der Waals surface area contributed by atoms with Crippen LogP contribution in [0.2, 0.25) is 0 Å². The number of nitrogens with one attached hydrogen (secondary N) is 1. The summed E-state index contributed by atoms with van der Waals surface area (Å²) in [4.78, 5) is 0. The summed E-state index contributed by atoms with van der Waals surface area (Å²) >= 11 is 0. The Kier molecular flexibility index (Phi) is 3.53. The summed E-state index contributed by atoms with van der Waals surface area (Å²) < 4.78 is 0. The van der Waals surface area contributed by atoms with Gasteiger partial charge in [-0.05, 0) is 25.0 Å². The van der Waals surface area contributed by atoms with Gasteiger partial charge in [-0.25, -0.2) is 0 Å². The van der Waals surface area contributed by atoms with E-state index in [0.29, 0.717) is 5.92 Å². The molecule has 1 atom stereocenters. The van der Waals surface area contributed by atoms with Crippen molar-refractivity contribution < 1.29 is 0 Å². The first kappa shape index (κ1) is 10.6. The van der Waals surface area contributed by atoms with Crippen LogP contribution in [0.15, 0.2) is 24.3 Å². The van der Waals surface area contributed by atoms with Gasteiger partial charge in [0.15, 0.2) is 0 Å². The number of hydrogen-bond donors (Lipinski definition) is 1. The summed E-state index contributed by atoms with van der Waals surface area (Å²) in [7, 11) is 0. The minimum atomic E-state index is -0.113. The van der Waals surface area contributed by atoms with Crippen LogP contribution in [0.1, 0.15) is 19.4 Å². The highest BCUT2D eigenvalue weighted by atomic mass is 14.9. The molecule has 2 heteroatoms. The van der Waals surface area contributed by atoms with Crippen LogP contribution in [0.25, 0.3) is 0 Å². The summed E-state index contributed by atoms with van der Waals surface area (Å²) in [5, 5.41) is 12.1. The lowest BCUT2D eigenvalue weighted by Crippen LogP contribution is -2.23. The minimum Gasteiger partial charge on any atom is -0.370 e. The molecule has 1 aromatic rings. The van der Waals surface area contributed by atoms with Crippen molar-refractivity contribution >= 4 is 5.69 Å². The van der Waals surface area contributed by atoms with Crippen molar-refractivity contribution in [3.63, 3.8) is 0 Å². The fourth-order valence-electron chi connectivity index (χ4n) is 1.18. The maximum atomic E-state index is 8.90. The van der Waals surface area contributed by atoms with E-state index in [0.717, 1.165) is 5.69 Å². The average molecular weight is 188 g/mol. The number of anilines is 1. The first-order valence-electron chi connectivity index (χ1n) is 4.86. The number of nitrogens with zero attached hydrogens (tertiary/aromatic N) is 1.